The number of methoxy groups -OCH3 is 1. The van der Waals surface area contributed by atoms with Gasteiger partial charge in [0.1, 0.15) is 0 Å². The highest BCUT2D eigenvalue weighted by molar-refractivity contribution is 6.08. The van der Waals surface area contributed by atoms with E-state index in [2.05, 4.69) is 0 Å². The van der Waals surface area contributed by atoms with Crippen LogP contribution in [-0.2, 0) is 4.74 Å². The van der Waals surface area contributed by atoms with Crippen LogP contribution in [0.15, 0.2) is 48.8 Å². The third kappa shape index (κ3) is 1.87. The van der Waals surface area contributed by atoms with Crippen molar-refractivity contribution in [2.75, 3.05) is 7.11 Å². The number of pyridine rings is 1. The van der Waals surface area contributed by atoms with Crippen LogP contribution in [0.2, 0.25) is 0 Å². The summed E-state index contributed by atoms with van der Waals surface area (Å²) in [6.45, 7) is 0. The second-order valence-corrected chi connectivity index (χ2v) is 4.32. The molecule has 1 aromatic heterocycles. The Labute approximate surface area is 109 Å². The molecule has 0 saturated heterocycles. The summed E-state index contributed by atoms with van der Waals surface area (Å²) in [5.74, 6) is -0.354. The normalized spacial score (nSPS) is 10.8. The number of aromatic nitrogens is 1. The molecule has 3 aromatic rings. The van der Waals surface area contributed by atoms with Crippen molar-refractivity contribution in [3.63, 3.8) is 0 Å². The summed E-state index contributed by atoms with van der Waals surface area (Å²) in [5.41, 5.74) is 0.516. The highest BCUT2D eigenvalue weighted by Gasteiger charge is 2.09. The number of rotatable bonds is 1. The molecule has 4 nitrogen and oxygen atoms in total. The predicted octanol–water partition coefficient (Wildman–Crippen LogP) is 2.30. The van der Waals surface area contributed by atoms with Gasteiger partial charge in [-0.2, -0.15) is 0 Å². The summed E-state index contributed by atoms with van der Waals surface area (Å²) >= 11 is 0. The van der Waals surface area contributed by atoms with Crippen LogP contribution in [0, 0.1) is 0 Å². The van der Waals surface area contributed by atoms with Crippen molar-refractivity contribution in [1.29, 1.82) is 0 Å². The summed E-state index contributed by atoms with van der Waals surface area (Å²) in [5, 5.41) is 13.4. The van der Waals surface area contributed by atoms with E-state index in [9.17, 15) is 10.0 Å². The molecule has 0 aliphatic heterocycles. The van der Waals surface area contributed by atoms with Crippen molar-refractivity contribution >= 4 is 27.5 Å². The maximum absolute atomic E-state index is 11.5. The van der Waals surface area contributed by atoms with E-state index in [1.165, 1.54) is 7.11 Å². The van der Waals surface area contributed by atoms with Crippen molar-refractivity contribution in [2.24, 2.45) is 0 Å². The van der Waals surface area contributed by atoms with E-state index >= 15 is 0 Å². The number of hydrogen-bond acceptors (Lipinski definition) is 3. The van der Waals surface area contributed by atoms with Gasteiger partial charge in [-0.25, -0.2) is 4.79 Å². The van der Waals surface area contributed by atoms with Gasteiger partial charge in [0.25, 0.3) is 0 Å². The number of nitrogens with zero attached hydrogens (tertiary/aromatic N) is 1. The van der Waals surface area contributed by atoms with Crippen LogP contribution in [0.25, 0.3) is 21.5 Å². The molecule has 0 unspecified atom stereocenters. The van der Waals surface area contributed by atoms with Crippen molar-refractivity contribution in [2.45, 2.75) is 0 Å². The van der Waals surface area contributed by atoms with Crippen LogP contribution < -0.4 is 4.73 Å². The van der Waals surface area contributed by atoms with Gasteiger partial charge in [0.15, 0.2) is 0 Å². The van der Waals surface area contributed by atoms with Crippen LogP contribution in [0.3, 0.4) is 0 Å². The molecule has 0 fully saturated rings. The number of carbonyl (C=O) groups is 1. The Hall–Kier alpha value is -2.62. The lowest BCUT2D eigenvalue weighted by Crippen LogP contribution is -2.27. The van der Waals surface area contributed by atoms with E-state index in [0.29, 0.717) is 5.56 Å². The zero-order valence-corrected chi connectivity index (χ0v) is 10.3. The first-order valence-corrected chi connectivity index (χ1v) is 5.84. The summed E-state index contributed by atoms with van der Waals surface area (Å²) in [7, 11) is 1.36. The second-order valence-electron chi connectivity index (χ2n) is 4.32. The summed E-state index contributed by atoms with van der Waals surface area (Å²) in [6.07, 6.45) is 3.23. The first-order chi connectivity index (χ1) is 9.19. The lowest BCUT2D eigenvalue weighted by Gasteiger charge is -2.04. The van der Waals surface area contributed by atoms with E-state index in [1.54, 1.807) is 24.5 Å². The van der Waals surface area contributed by atoms with Crippen molar-refractivity contribution < 1.29 is 19.5 Å². The average molecular weight is 254 g/mol. The molecule has 0 atom stereocenters. The van der Waals surface area contributed by atoms with E-state index in [1.807, 2.05) is 24.3 Å². The molecule has 1 heterocycles. The topological polar surface area (TPSA) is 50.4 Å². The van der Waals surface area contributed by atoms with Crippen LogP contribution in [0.4, 0.5) is 0 Å². The molecular formula is C15H12NO3+. The molecule has 0 aliphatic carbocycles. The zero-order chi connectivity index (χ0) is 13.4. The van der Waals surface area contributed by atoms with E-state index in [0.717, 1.165) is 26.3 Å². The molecule has 0 bridgehead atoms. The molecule has 0 saturated carbocycles. The largest absolute Gasteiger partial charge is 0.465 e. The van der Waals surface area contributed by atoms with E-state index in [-0.39, 0.29) is 5.97 Å². The Kier molecular flexibility index (Phi) is 2.56. The SMILES string of the molecule is COC(=O)c1ccc2c(ccc3cc[n+](O)cc32)c1. The minimum atomic E-state index is -0.354. The second kappa shape index (κ2) is 4.24. The number of carbonyl (C=O) groups excluding carboxylic acids is 1. The van der Waals surface area contributed by atoms with Crippen molar-refractivity contribution in [3.05, 3.63) is 54.4 Å². The summed E-state index contributed by atoms with van der Waals surface area (Å²) < 4.78 is 5.73. The molecule has 4 heteroatoms. The highest BCUT2D eigenvalue weighted by atomic mass is 16.5. The maximum atomic E-state index is 11.5. The first kappa shape index (κ1) is 11.5. The van der Waals surface area contributed by atoms with Gasteiger partial charge in [0, 0.05) is 10.8 Å². The molecule has 19 heavy (non-hydrogen) atoms. The van der Waals surface area contributed by atoms with Crippen LogP contribution in [0.5, 0.6) is 0 Å². The Morgan fingerprint density at radius 1 is 1.11 bits per heavy atom. The number of esters is 1. The number of fused-ring (bicyclic) bond motifs is 3. The summed E-state index contributed by atoms with van der Waals surface area (Å²) in [6, 6.07) is 11.1. The van der Waals surface area contributed by atoms with Gasteiger partial charge in [0.2, 0.25) is 12.4 Å². The predicted molar refractivity (Wildman–Crippen MR) is 70.2 cm³/mol. The standard InChI is InChI=1S/C15H12NO3/c1-19-15(17)12-4-5-13-11(8-12)3-2-10-6-7-16(18)9-14(10)13/h2-9,18H,1H3/q+1. The minimum Gasteiger partial charge on any atom is -0.465 e. The van der Waals surface area contributed by atoms with Gasteiger partial charge < -0.3 is 4.74 Å². The lowest BCUT2D eigenvalue weighted by molar-refractivity contribution is -0.903. The summed E-state index contributed by atoms with van der Waals surface area (Å²) in [4.78, 5) is 11.5. The van der Waals surface area contributed by atoms with Crippen molar-refractivity contribution in [3.8, 4) is 0 Å². The molecule has 0 aliphatic rings. The average Bonchev–Trinajstić information content (AvgIpc) is 2.45. The van der Waals surface area contributed by atoms with E-state index < -0.39 is 0 Å². The number of hydrogen-bond donors (Lipinski definition) is 1. The molecule has 0 spiro atoms. The van der Waals surface area contributed by atoms with Crippen LogP contribution in [-0.4, -0.2) is 18.3 Å². The maximum Gasteiger partial charge on any atom is 0.337 e. The minimum absolute atomic E-state index is 0.354. The van der Waals surface area contributed by atoms with Gasteiger partial charge in [-0.15, -0.1) is 0 Å². The molecule has 0 radical (unpaired) electrons. The van der Waals surface area contributed by atoms with E-state index in [4.69, 9.17) is 4.74 Å². The smallest absolute Gasteiger partial charge is 0.337 e. The fourth-order valence-corrected chi connectivity index (χ4v) is 2.24. The third-order valence-electron chi connectivity index (χ3n) is 3.18. The Morgan fingerprint density at radius 3 is 2.68 bits per heavy atom. The zero-order valence-electron chi connectivity index (χ0n) is 10.3. The van der Waals surface area contributed by atoms with Gasteiger partial charge in [-0.3, -0.25) is 5.21 Å². The monoisotopic (exact) mass is 254 g/mol. The lowest BCUT2D eigenvalue weighted by atomic mass is 10.0. The fraction of sp³-hybridized carbons (Fsp3) is 0.0667. The van der Waals surface area contributed by atoms with Gasteiger partial charge in [-0.05, 0) is 28.3 Å². The Balaban J connectivity index is 2.32. The highest BCUT2D eigenvalue weighted by Crippen LogP contribution is 2.25. The number of benzene rings is 2. The Bertz CT molecular complexity index is 796. The fourth-order valence-electron chi connectivity index (χ4n) is 2.24. The molecule has 3 rings (SSSR count). The van der Waals surface area contributed by atoms with Crippen LogP contribution in [0.1, 0.15) is 10.4 Å². The van der Waals surface area contributed by atoms with Gasteiger partial charge in [0.05, 0.1) is 18.1 Å². The van der Waals surface area contributed by atoms with Gasteiger partial charge >= 0.3 is 5.97 Å². The third-order valence-corrected chi connectivity index (χ3v) is 3.18. The first-order valence-electron chi connectivity index (χ1n) is 5.84. The van der Waals surface area contributed by atoms with Crippen molar-refractivity contribution in [1.82, 2.24) is 0 Å². The number of ether oxygens (including phenoxy) is 1. The molecule has 94 valence electrons. The molecule has 1 N–H and O–H groups in total. The van der Waals surface area contributed by atoms with Gasteiger partial charge in [-0.1, -0.05) is 18.2 Å². The molecule has 0 amide bonds. The van der Waals surface area contributed by atoms with Crippen LogP contribution >= 0.6 is 0 Å². The molecule has 2 aromatic carbocycles. The quantitative estimate of drug-likeness (QED) is 0.314. The Morgan fingerprint density at radius 2 is 1.89 bits per heavy atom. The molecular weight excluding hydrogens is 242 g/mol.